The average molecular weight is 357 g/mol. The first-order valence-corrected chi connectivity index (χ1v) is 7.39. The molecule has 1 aliphatic rings. The van der Waals surface area contributed by atoms with Crippen LogP contribution in [0.4, 0.5) is 18.9 Å². The first kappa shape index (κ1) is 17.3. The number of ether oxygens (including phenoxy) is 1. The summed E-state index contributed by atoms with van der Waals surface area (Å²) in [4.78, 5) is 17.3. The van der Waals surface area contributed by atoms with Crippen molar-refractivity contribution in [3.8, 4) is 11.8 Å². The van der Waals surface area contributed by atoms with Gasteiger partial charge in [-0.3, -0.25) is 4.79 Å². The molecule has 3 rings (SSSR count). The fourth-order valence-electron chi connectivity index (χ4n) is 2.80. The van der Waals surface area contributed by atoms with Gasteiger partial charge in [0.1, 0.15) is 5.75 Å². The van der Waals surface area contributed by atoms with Crippen LogP contribution in [-0.4, -0.2) is 17.2 Å². The summed E-state index contributed by atoms with van der Waals surface area (Å²) >= 11 is 0. The van der Waals surface area contributed by atoms with Gasteiger partial charge >= 0.3 is 6.36 Å². The van der Waals surface area contributed by atoms with Crippen molar-refractivity contribution in [2.24, 2.45) is 0 Å². The molecule has 0 saturated heterocycles. The largest absolute Gasteiger partial charge is 0.573 e. The molecule has 0 atom stereocenters. The normalized spacial score (nSPS) is 13.1. The van der Waals surface area contributed by atoms with Crippen LogP contribution in [0.5, 0.6) is 5.75 Å². The molecular weight excluding hydrogens is 347 g/mol. The summed E-state index contributed by atoms with van der Waals surface area (Å²) in [5, 5.41) is 9.21. The van der Waals surface area contributed by atoms with Crippen molar-refractivity contribution in [3.05, 3.63) is 70.1 Å². The summed E-state index contributed by atoms with van der Waals surface area (Å²) in [5.41, 5.74) is 1.91. The van der Waals surface area contributed by atoms with E-state index >= 15 is 0 Å². The Morgan fingerprint density at radius 3 is 2.54 bits per heavy atom. The smallest absolute Gasteiger partial charge is 0.406 e. The molecule has 26 heavy (non-hydrogen) atoms. The van der Waals surface area contributed by atoms with E-state index in [-0.39, 0.29) is 41.6 Å². The molecule has 2 aromatic rings. The van der Waals surface area contributed by atoms with Crippen molar-refractivity contribution in [1.82, 2.24) is 4.90 Å². The third-order valence-electron chi connectivity index (χ3n) is 3.85. The number of nitrogens with zero attached hydrogens (tertiary/aromatic N) is 3. The van der Waals surface area contributed by atoms with Crippen LogP contribution in [0.2, 0.25) is 0 Å². The first-order valence-electron chi connectivity index (χ1n) is 7.39. The summed E-state index contributed by atoms with van der Waals surface area (Å²) in [7, 11) is 0. The molecule has 0 fully saturated rings. The molecule has 8 heteroatoms. The Balaban J connectivity index is 1.79. The first-order chi connectivity index (χ1) is 12.3. The molecule has 0 saturated carbocycles. The van der Waals surface area contributed by atoms with Gasteiger partial charge in [0, 0.05) is 13.1 Å². The Hall–Kier alpha value is -3.52. The van der Waals surface area contributed by atoms with Crippen molar-refractivity contribution in [2.75, 3.05) is 0 Å². The van der Waals surface area contributed by atoms with Gasteiger partial charge in [0.2, 0.25) is 0 Å². The lowest BCUT2D eigenvalue weighted by Crippen LogP contribution is -2.23. The van der Waals surface area contributed by atoms with Gasteiger partial charge in [0.25, 0.3) is 5.91 Å². The van der Waals surface area contributed by atoms with Crippen molar-refractivity contribution >= 4 is 11.6 Å². The number of carbonyl (C=O) groups excluding carboxylic acids is 1. The van der Waals surface area contributed by atoms with Gasteiger partial charge in [-0.1, -0.05) is 18.2 Å². The van der Waals surface area contributed by atoms with E-state index < -0.39 is 6.36 Å². The number of amides is 1. The number of alkyl halides is 3. The van der Waals surface area contributed by atoms with E-state index in [0.717, 1.165) is 0 Å². The molecule has 0 spiro atoms. The minimum absolute atomic E-state index is 0.148. The van der Waals surface area contributed by atoms with Gasteiger partial charge in [-0.2, -0.15) is 5.26 Å². The van der Waals surface area contributed by atoms with E-state index in [4.69, 9.17) is 6.57 Å². The number of fused-ring (bicyclic) bond motifs is 1. The molecule has 0 unspecified atom stereocenters. The topological polar surface area (TPSA) is 57.7 Å². The molecule has 5 nitrogen and oxygen atoms in total. The van der Waals surface area contributed by atoms with Crippen molar-refractivity contribution in [3.63, 3.8) is 0 Å². The van der Waals surface area contributed by atoms with Gasteiger partial charge in [0.05, 0.1) is 23.8 Å². The molecule has 2 aromatic carbocycles. The molecule has 0 aromatic heterocycles. The van der Waals surface area contributed by atoms with E-state index in [1.54, 1.807) is 6.07 Å². The Morgan fingerprint density at radius 2 is 1.96 bits per heavy atom. The average Bonchev–Trinajstić information content (AvgIpc) is 2.90. The number of carbonyl (C=O) groups is 1. The zero-order valence-electron chi connectivity index (χ0n) is 13.2. The summed E-state index contributed by atoms with van der Waals surface area (Å²) in [6, 6.07) is 10.1. The highest BCUT2D eigenvalue weighted by Gasteiger charge is 2.32. The number of hydrogen-bond acceptors (Lipinski definition) is 3. The van der Waals surface area contributed by atoms with E-state index in [2.05, 4.69) is 9.58 Å². The van der Waals surface area contributed by atoms with Crippen LogP contribution in [0.25, 0.3) is 4.85 Å². The van der Waals surface area contributed by atoms with E-state index in [1.807, 2.05) is 6.07 Å². The molecule has 1 heterocycles. The third-order valence-corrected chi connectivity index (χ3v) is 3.85. The second-order valence-corrected chi connectivity index (χ2v) is 5.60. The number of benzene rings is 2. The summed E-state index contributed by atoms with van der Waals surface area (Å²) in [5.74, 6) is -0.686. The predicted molar refractivity (Wildman–Crippen MR) is 84.1 cm³/mol. The number of halogens is 3. The Labute approximate surface area is 146 Å². The Kier molecular flexibility index (Phi) is 4.27. The monoisotopic (exact) mass is 357 g/mol. The standard InChI is InChI=1S/C18H10F3N3O2/c1-23-14-6-12(8-22)16-13(7-14)10-24(17(16)25)9-11-2-4-15(5-3-11)26-18(19,20)21/h2-7H,9-10H2. The van der Waals surface area contributed by atoms with Crippen LogP contribution in [0.15, 0.2) is 36.4 Å². The fraction of sp³-hybridized carbons (Fsp3) is 0.167. The number of hydrogen-bond donors (Lipinski definition) is 0. The van der Waals surface area contributed by atoms with E-state index in [9.17, 15) is 23.2 Å². The van der Waals surface area contributed by atoms with Crippen LogP contribution in [-0.2, 0) is 13.1 Å². The van der Waals surface area contributed by atoms with E-state index in [1.165, 1.54) is 35.2 Å². The molecular formula is C18H10F3N3O2. The van der Waals surface area contributed by atoms with Crippen LogP contribution >= 0.6 is 0 Å². The van der Waals surface area contributed by atoms with Gasteiger partial charge in [0.15, 0.2) is 5.69 Å². The molecule has 1 amide bonds. The molecule has 130 valence electrons. The van der Waals surface area contributed by atoms with Crippen molar-refractivity contribution in [1.29, 1.82) is 5.26 Å². The highest BCUT2D eigenvalue weighted by Crippen LogP contribution is 2.31. The molecule has 0 N–H and O–H groups in total. The van der Waals surface area contributed by atoms with Gasteiger partial charge in [-0.25, -0.2) is 4.85 Å². The number of rotatable bonds is 3. The van der Waals surface area contributed by atoms with Gasteiger partial charge < -0.3 is 9.64 Å². The van der Waals surface area contributed by atoms with Crippen LogP contribution < -0.4 is 4.74 Å². The van der Waals surface area contributed by atoms with Gasteiger partial charge in [-0.05, 0) is 29.3 Å². The predicted octanol–water partition coefficient (Wildman–Crippen LogP) is 4.16. The van der Waals surface area contributed by atoms with Crippen molar-refractivity contribution in [2.45, 2.75) is 19.5 Å². The summed E-state index contributed by atoms with van der Waals surface area (Å²) in [6.45, 7) is 7.46. The lowest BCUT2D eigenvalue weighted by molar-refractivity contribution is -0.274. The maximum absolute atomic E-state index is 12.6. The lowest BCUT2D eigenvalue weighted by atomic mass is 10.0. The van der Waals surface area contributed by atoms with Gasteiger partial charge in [-0.15, -0.1) is 13.2 Å². The molecule has 0 radical (unpaired) electrons. The lowest BCUT2D eigenvalue weighted by Gasteiger charge is -2.16. The highest BCUT2D eigenvalue weighted by molar-refractivity contribution is 6.01. The Morgan fingerprint density at radius 1 is 1.27 bits per heavy atom. The number of nitriles is 1. The maximum Gasteiger partial charge on any atom is 0.573 e. The third kappa shape index (κ3) is 3.45. The minimum Gasteiger partial charge on any atom is -0.406 e. The second-order valence-electron chi connectivity index (χ2n) is 5.60. The maximum atomic E-state index is 12.6. The molecule has 0 bridgehead atoms. The van der Waals surface area contributed by atoms with Crippen LogP contribution in [0, 0.1) is 17.9 Å². The van der Waals surface area contributed by atoms with Crippen LogP contribution in [0.3, 0.4) is 0 Å². The second kappa shape index (κ2) is 6.41. The molecule has 0 aliphatic carbocycles. The summed E-state index contributed by atoms with van der Waals surface area (Å²) in [6.07, 6.45) is -4.76. The van der Waals surface area contributed by atoms with E-state index in [0.29, 0.717) is 11.1 Å². The SMILES string of the molecule is [C-]#[N+]c1cc(C#N)c2c(c1)CN(Cc1ccc(OC(F)(F)F)cc1)C2=O. The minimum atomic E-state index is -4.76. The zero-order valence-corrected chi connectivity index (χ0v) is 13.2. The van der Waals surface area contributed by atoms with Crippen molar-refractivity contribution < 1.29 is 22.7 Å². The molecule has 1 aliphatic heterocycles. The fourth-order valence-corrected chi connectivity index (χ4v) is 2.80. The quantitative estimate of drug-likeness (QED) is 0.775. The highest BCUT2D eigenvalue weighted by atomic mass is 19.4. The zero-order chi connectivity index (χ0) is 18.9. The Bertz CT molecular complexity index is 954. The summed E-state index contributed by atoms with van der Waals surface area (Å²) < 4.78 is 40.4. The van der Waals surface area contributed by atoms with Crippen LogP contribution in [0.1, 0.15) is 27.0 Å².